The summed E-state index contributed by atoms with van der Waals surface area (Å²) in [5.41, 5.74) is 0. The minimum Gasteiger partial charge on any atom is -0.385 e. The standard InChI is InChI=1S/C14H25NO4S/c1-19-10-5-11-20(17,18)15-9-3-2-7-13(15)12-6-4-8-14(12)16/h12-13H,2-11H2,1H3. The number of methoxy groups -OCH3 is 1. The Balaban J connectivity index is 2.07. The molecular formula is C14H25NO4S. The molecular weight excluding hydrogens is 278 g/mol. The molecule has 1 heterocycles. The third-order valence-electron chi connectivity index (χ3n) is 4.42. The highest BCUT2D eigenvalue weighted by molar-refractivity contribution is 7.89. The van der Waals surface area contributed by atoms with E-state index in [0.717, 1.165) is 32.1 Å². The maximum Gasteiger partial charge on any atom is 0.214 e. The molecule has 0 N–H and O–H groups in total. The second-order valence-electron chi connectivity index (χ2n) is 5.80. The Morgan fingerprint density at radius 3 is 2.70 bits per heavy atom. The van der Waals surface area contributed by atoms with Gasteiger partial charge in [-0.3, -0.25) is 4.79 Å². The van der Waals surface area contributed by atoms with E-state index in [9.17, 15) is 13.2 Å². The zero-order chi connectivity index (χ0) is 14.6. The molecule has 1 aliphatic heterocycles. The summed E-state index contributed by atoms with van der Waals surface area (Å²) in [6, 6.07) is -0.0914. The van der Waals surface area contributed by atoms with Crippen molar-refractivity contribution in [2.75, 3.05) is 26.0 Å². The summed E-state index contributed by atoms with van der Waals surface area (Å²) in [7, 11) is -1.69. The molecule has 0 bridgehead atoms. The number of piperidine rings is 1. The topological polar surface area (TPSA) is 63.7 Å². The summed E-state index contributed by atoms with van der Waals surface area (Å²) in [4.78, 5) is 12.0. The van der Waals surface area contributed by atoms with E-state index in [4.69, 9.17) is 4.74 Å². The lowest BCUT2D eigenvalue weighted by Gasteiger charge is -2.37. The van der Waals surface area contributed by atoms with Crippen molar-refractivity contribution >= 4 is 15.8 Å². The van der Waals surface area contributed by atoms with Gasteiger partial charge in [-0.25, -0.2) is 8.42 Å². The van der Waals surface area contributed by atoms with Crippen LogP contribution in [0, 0.1) is 5.92 Å². The first kappa shape index (κ1) is 15.9. The van der Waals surface area contributed by atoms with Crippen molar-refractivity contribution < 1.29 is 17.9 Å². The molecule has 0 radical (unpaired) electrons. The molecule has 0 amide bonds. The molecule has 0 aromatic rings. The molecule has 116 valence electrons. The highest BCUT2D eigenvalue weighted by Gasteiger charge is 2.41. The van der Waals surface area contributed by atoms with Crippen LogP contribution in [0.15, 0.2) is 0 Å². The molecule has 1 saturated carbocycles. The number of sulfonamides is 1. The fraction of sp³-hybridized carbons (Fsp3) is 0.929. The van der Waals surface area contributed by atoms with Crippen molar-refractivity contribution in [3.05, 3.63) is 0 Å². The molecule has 1 saturated heterocycles. The molecule has 2 aliphatic rings. The fourth-order valence-electron chi connectivity index (χ4n) is 3.43. The van der Waals surface area contributed by atoms with Gasteiger partial charge in [0.1, 0.15) is 5.78 Å². The van der Waals surface area contributed by atoms with Crippen LogP contribution < -0.4 is 0 Å². The van der Waals surface area contributed by atoms with Crippen LogP contribution in [0.25, 0.3) is 0 Å². The lowest BCUT2D eigenvalue weighted by atomic mass is 9.90. The third-order valence-corrected chi connectivity index (χ3v) is 6.40. The second-order valence-corrected chi connectivity index (χ2v) is 7.84. The van der Waals surface area contributed by atoms with Crippen LogP contribution in [-0.2, 0) is 19.6 Å². The lowest BCUT2D eigenvalue weighted by Crippen LogP contribution is -2.49. The summed E-state index contributed by atoms with van der Waals surface area (Å²) in [6.45, 7) is 1.03. The Hall–Kier alpha value is -0.460. The molecule has 2 fully saturated rings. The van der Waals surface area contributed by atoms with Gasteiger partial charge in [-0.15, -0.1) is 0 Å². The number of ether oxygens (including phenoxy) is 1. The predicted octanol–water partition coefficient (Wildman–Crippen LogP) is 1.58. The molecule has 6 heteroatoms. The number of ketones is 1. The molecule has 0 spiro atoms. The van der Waals surface area contributed by atoms with Gasteiger partial charge in [-0.2, -0.15) is 4.31 Å². The Morgan fingerprint density at radius 1 is 1.25 bits per heavy atom. The molecule has 0 aromatic heterocycles. The molecule has 0 aromatic carbocycles. The van der Waals surface area contributed by atoms with Crippen molar-refractivity contribution in [1.29, 1.82) is 0 Å². The summed E-state index contributed by atoms with van der Waals surface area (Å²) in [5, 5.41) is 0. The lowest BCUT2D eigenvalue weighted by molar-refractivity contribution is -0.122. The summed E-state index contributed by atoms with van der Waals surface area (Å²) >= 11 is 0. The van der Waals surface area contributed by atoms with Crippen LogP contribution in [0.2, 0.25) is 0 Å². The summed E-state index contributed by atoms with van der Waals surface area (Å²) in [6.07, 6.45) is 5.67. The number of rotatable bonds is 6. The Bertz CT molecular complexity index is 434. The Kier molecular flexibility index (Phi) is 5.57. The quantitative estimate of drug-likeness (QED) is 0.699. The van der Waals surface area contributed by atoms with E-state index in [1.54, 1.807) is 11.4 Å². The number of nitrogens with zero attached hydrogens (tertiary/aromatic N) is 1. The number of hydrogen-bond acceptors (Lipinski definition) is 4. The minimum absolute atomic E-state index is 0.0625. The van der Waals surface area contributed by atoms with Crippen LogP contribution in [0.4, 0.5) is 0 Å². The van der Waals surface area contributed by atoms with E-state index in [1.807, 2.05) is 0 Å². The van der Waals surface area contributed by atoms with Gasteiger partial charge in [0.05, 0.1) is 5.75 Å². The molecule has 2 atom stereocenters. The minimum atomic E-state index is -3.26. The van der Waals surface area contributed by atoms with Gasteiger partial charge in [-0.1, -0.05) is 6.42 Å². The third kappa shape index (κ3) is 3.59. The zero-order valence-corrected chi connectivity index (χ0v) is 13.0. The molecule has 2 rings (SSSR count). The van der Waals surface area contributed by atoms with Gasteiger partial charge in [0, 0.05) is 38.6 Å². The monoisotopic (exact) mass is 303 g/mol. The predicted molar refractivity (Wildman–Crippen MR) is 77.0 cm³/mol. The fourth-order valence-corrected chi connectivity index (χ4v) is 5.22. The van der Waals surface area contributed by atoms with Crippen LogP contribution in [0.3, 0.4) is 0 Å². The first-order valence-electron chi connectivity index (χ1n) is 7.57. The smallest absolute Gasteiger partial charge is 0.214 e. The highest BCUT2D eigenvalue weighted by atomic mass is 32.2. The molecule has 5 nitrogen and oxygen atoms in total. The summed E-state index contributed by atoms with van der Waals surface area (Å²) in [5.74, 6) is 0.319. The van der Waals surface area contributed by atoms with Gasteiger partial charge >= 0.3 is 0 Å². The van der Waals surface area contributed by atoms with E-state index in [2.05, 4.69) is 0 Å². The summed E-state index contributed by atoms with van der Waals surface area (Å²) < 4.78 is 31.5. The van der Waals surface area contributed by atoms with Crippen molar-refractivity contribution in [2.24, 2.45) is 5.92 Å². The van der Waals surface area contributed by atoms with E-state index in [1.165, 1.54) is 0 Å². The van der Waals surface area contributed by atoms with Gasteiger partial charge in [0.15, 0.2) is 0 Å². The number of carbonyl (C=O) groups is 1. The van der Waals surface area contributed by atoms with Crippen molar-refractivity contribution in [1.82, 2.24) is 4.31 Å². The van der Waals surface area contributed by atoms with Crippen molar-refractivity contribution in [2.45, 2.75) is 51.0 Å². The van der Waals surface area contributed by atoms with Crippen molar-refractivity contribution in [3.63, 3.8) is 0 Å². The number of Topliss-reactive ketones (excluding diaryl/α,β-unsaturated/α-hetero) is 1. The van der Waals surface area contributed by atoms with Gasteiger partial charge < -0.3 is 4.74 Å². The first-order valence-corrected chi connectivity index (χ1v) is 9.18. The van der Waals surface area contributed by atoms with Crippen LogP contribution in [0.5, 0.6) is 0 Å². The van der Waals surface area contributed by atoms with E-state index >= 15 is 0 Å². The van der Waals surface area contributed by atoms with E-state index < -0.39 is 10.0 Å². The average Bonchev–Trinajstić information content (AvgIpc) is 2.85. The van der Waals surface area contributed by atoms with Crippen molar-refractivity contribution in [3.8, 4) is 0 Å². The first-order chi connectivity index (χ1) is 9.56. The Labute approximate surface area is 121 Å². The zero-order valence-electron chi connectivity index (χ0n) is 12.2. The van der Waals surface area contributed by atoms with Gasteiger partial charge in [-0.05, 0) is 32.1 Å². The second kappa shape index (κ2) is 7.00. The van der Waals surface area contributed by atoms with Gasteiger partial charge in [0.2, 0.25) is 10.0 Å². The van der Waals surface area contributed by atoms with Crippen LogP contribution in [0.1, 0.15) is 44.9 Å². The van der Waals surface area contributed by atoms with E-state index in [0.29, 0.717) is 26.0 Å². The maximum atomic E-state index is 12.5. The van der Waals surface area contributed by atoms with Crippen LogP contribution >= 0.6 is 0 Å². The molecule has 20 heavy (non-hydrogen) atoms. The number of carbonyl (C=O) groups excluding carboxylic acids is 1. The largest absolute Gasteiger partial charge is 0.385 e. The SMILES string of the molecule is COCCCS(=O)(=O)N1CCCCC1C1CCCC1=O. The Morgan fingerprint density at radius 2 is 2.05 bits per heavy atom. The van der Waals surface area contributed by atoms with Crippen LogP contribution in [-0.4, -0.2) is 50.6 Å². The normalized spacial score (nSPS) is 28.9. The van der Waals surface area contributed by atoms with E-state index in [-0.39, 0.29) is 23.5 Å². The molecule has 2 unspecified atom stereocenters. The van der Waals surface area contributed by atoms with Gasteiger partial charge in [0.25, 0.3) is 0 Å². The highest BCUT2D eigenvalue weighted by Crippen LogP contribution is 2.34. The molecule has 1 aliphatic carbocycles. The average molecular weight is 303 g/mol. The maximum absolute atomic E-state index is 12.5. The number of hydrogen-bond donors (Lipinski definition) is 0.